The Labute approximate surface area is 154 Å². The lowest BCUT2D eigenvalue weighted by atomic mass is 9.96. The zero-order valence-corrected chi connectivity index (χ0v) is 15.2. The number of hydrogen-bond acceptors (Lipinski definition) is 3. The lowest BCUT2D eigenvalue weighted by Crippen LogP contribution is -2.40. The number of nitrogens with zero attached hydrogens (tertiary/aromatic N) is 3. The molecule has 1 aromatic heterocycles. The maximum atomic E-state index is 12.6. The van der Waals surface area contributed by atoms with Gasteiger partial charge < -0.3 is 15.2 Å². The molecule has 1 saturated heterocycles. The van der Waals surface area contributed by atoms with E-state index in [1.54, 1.807) is 17.0 Å². The molecule has 2 heterocycles. The molecule has 26 heavy (non-hydrogen) atoms. The minimum absolute atomic E-state index is 0.132. The Bertz CT molecular complexity index is 766. The number of aryl methyl sites for hydroxylation is 2. The van der Waals surface area contributed by atoms with E-state index in [-0.39, 0.29) is 24.3 Å². The van der Waals surface area contributed by atoms with E-state index in [2.05, 4.69) is 36.2 Å². The number of imidazole rings is 1. The largest absolute Gasteiger partial charge is 0.368 e. The summed E-state index contributed by atoms with van der Waals surface area (Å²) in [6.07, 6.45) is 6.67. The van der Waals surface area contributed by atoms with E-state index in [0.717, 1.165) is 31.6 Å². The molecule has 0 radical (unpaired) electrons. The van der Waals surface area contributed by atoms with Crippen LogP contribution in [0.2, 0.25) is 0 Å². The standard InChI is InChI=1S/C20H26N4O2/c1-15-4-6-16(7-5-15)8-9-19(26)23-11-2-3-17(13-23)20-22-10-12-24(20)14-18(21)25/h4-7,10,12,17H,2-3,8-9,11,13-14H2,1H3,(H2,21,25)/t17-/m1/s1. The molecule has 1 aliphatic heterocycles. The molecule has 138 valence electrons. The second kappa shape index (κ2) is 8.17. The second-order valence-electron chi connectivity index (χ2n) is 7.04. The molecule has 2 amide bonds. The van der Waals surface area contributed by atoms with Crippen LogP contribution in [0.1, 0.15) is 42.1 Å². The van der Waals surface area contributed by atoms with Crippen LogP contribution in [0.3, 0.4) is 0 Å². The number of nitrogens with two attached hydrogens (primary N) is 1. The SMILES string of the molecule is Cc1ccc(CCC(=O)N2CCC[C@@H](c3nccn3CC(N)=O)C2)cc1. The van der Waals surface area contributed by atoms with E-state index in [9.17, 15) is 9.59 Å². The number of amides is 2. The van der Waals surface area contributed by atoms with Gasteiger partial charge in [-0.05, 0) is 31.7 Å². The Morgan fingerprint density at radius 2 is 2.04 bits per heavy atom. The first-order valence-corrected chi connectivity index (χ1v) is 9.15. The van der Waals surface area contributed by atoms with Crippen LogP contribution in [0.5, 0.6) is 0 Å². The molecule has 3 rings (SSSR count). The Morgan fingerprint density at radius 1 is 1.27 bits per heavy atom. The van der Waals surface area contributed by atoms with Crippen molar-refractivity contribution in [1.82, 2.24) is 14.5 Å². The van der Waals surface area contributed by atoms with Gasteiger partial charge in [-0.3, -0.25) is 9.59 Å². The van der Waals surface area contributed by atoms with Crippen molar-refractivity contribution in [3.05, 3.63) is 53.6 Å². The number of carbonyl (C=O) groups is 2. The summed E-state index contributed by atoms with van der Waals surface area (Å²) in [4.78, 5) is 30.2. The van der Waals surface area contributed by atoms with Crippen LogP contribution in [0.4, 0.5) is 0 Å². The third kappa shape index (κ3) is 4.50. The summed E-state index contributed by atoms with van der Waals surface area (Å²) in [5.74, 6) is 0.802. The number of piperidine rings is 1. The smallest absolute Gasteiger partial charge is 0.237 e. The van der Waals surface area contributed by atoms with E-state index < -0.39 is 0 Å². The molecule has 0 bridgehead atoms. The van der Waals surface area contributed by atoms with Crippen LogP contribution in [0.15, 0.2) is 36.7 Å². The van der Waals surface area contributed by atoms with Gasteiger partial charge in [0.1, 0.15) is 12.4 Å². The first-order valence-electron chi connectivity index (χ1n) is 9.15. The van der Waals surface area contributed by atoms with Gasteiger partial charge in [-0.2, -0.15) is 0 Å². The van der Waals surface area contributed by atoms with Crippen LogP contribution in [0, 0.1) is 6.92 Å². The predicted octanol–water partition coefficient (Wildman–Crippen LogP) is 2.02. The number of benzene rings is 1. The van der Waals surface area contributed by atoms with Crippen LogP contribution >= 0.6 is 0 Å². The van der Waals surface area contributed by atoms with Crippen molar-refractivity contribution in [1.29, 1.82) is 0 Å². The summed E-state index contributed by atoms with van der Waals surface area (Å²) in [5, 5.41) is 0. The third-order valence-electron chi connectivity index (χ3n) is 4.96. The maximum absolute atomic E-state index is 12.6. The predicted molar refractivity (Wildman–Crippen MR) is 99.5 cm³/mol. The molecule has 2 N–H and O–H groups in total. The van der Waals surface area contributed by atoms with Crippen molar-refractivity contribution >= 4 is 11.8 Å². The molecule has 1 atom stereocenters. The Balaban J connectivity index is 1.59. The molecule has 1 fully saturated rings. The van der Waals surface area contributed by atoms with E-state index in [4.69, 9.17) is 5.73 Å². The average Bonchev–Trinajstić information content (AvgIpc) is 3.08. The van der Waals surface area contributed by atoms with Gasteiger partial charge in [-0.15, -0.1) is 0 Å². The monoisotopic (exact) mass is 354 g/mol. The minimum Gasteiger partial charge on any atom is -0.368 e. The van der Waals surface area contributed by atoms with E-state index in [1.165, 1.54) is 11.1 Å². The molecule has 1 aromatic carbocycles. The van der Waals surface area contributed by atoms with Gasteiger partial charge in [0.15, 0.2) is 0 Å². The molecule has 2 aromatic rings. The number of primary amides is 1. The van der Waals surface area contributed by atoms with E-state index >= 15 is 0 Å². The van der Waals surface area contributed by atoms with Crippen LogP contribution in [0.25, 0.3) is 0 Å². The van der Waals surface area contributed by atoms with Crippen LogP contribution < -0.4 is 5.73 Å². The van der Waals surface area contributed by atoms with Gasteiger partial charge in [0.05, 0.1) is 0 Å². The van der Waals surface area contributed by atoms with Crippen molar-refractivity contribution in [2.75, 3.05) is 13.1 Å². The van der Waals surface area contributed by atoms with Gasteiger partial charge in [-0.1, -0.05) is 29.8 Å². The topological polar surface area (TPSA) is 81.2 Å². The van der Waals surface area contributed by atoms with Crippen molar-refractivity contribution in [2.45, 2.75) is 45.1 Å². The number of hydrogen-bond donors (Lipinski definition) is 1. The fourth-order valence-electron chi connectivity index (χ4n) is 3.56. The quantitative estimate of drug-likeness (QED) is 0.862. The van der Waals surface area contributed by atoms with Crippen molar-refractivity contribution in [3.63, 3.8) is 0 Å². The summed E-state index contributed by atoms with van der Waals surface area (Å²) in [6.45, 7) is 3.64. The third-order valence-corrected chi connectivity index (χ3v) is 4.96. The van der Waals surface area contributed by atoms with E-state index in [1.807, 2.05) is 4.90 Å². The van der Waals surface area contributed by atoms with Crippen molar-refractivity contribution in [2.24, 2.45) is 5.73 Å². The van der Waals surface area contributed by atoms with Gasteiger partial charge in [0.25, 0.3) is 0 Å². The van der Waals surface area contributed by atoms with Crippen LogP contribution in [-0.2, 0) is 22.6 Å². The average molecular weight is 354 g/mol. The summed E-state index contributed by atoms with van der Waals surface area (Å²) in [6, 6.07) is 8.33. The fourth-order valence-corrected chi connectivity index (χ4v) is 3.56. The highest BCUT2D eigenvalue weighted by Gasteiger charge is 2.27. The van der Waals surface area contributed by atoms with Gasteiger partial charge in [0, 0.05) is 37.8 Å². The maximum Gasteiger partial charge on any atom is 0.237 e. The summed E-state index contributed by atoms with van der Waals surface area (Å²) in [5.41, 5.74) is 7.73. The van der Waals surface area contributed by atoms with Crippen molar-refractivity contribution in [3.8, 4) is 0 Å². The number of likely N-dealkylation sites (tertiary alicyclic amines) is 1. The highest BCUT2D eigenvalue weighted by Crippen LogP contribution is 2.26. The molecule has 0 spiro atoms. The summed E-state index contributed by atoms with van der Waals surface area (Å²) >= 11 is 0. The fraction of sp³-hybridized carbons (Fsp3) is 0.450. The number of rotatable bonds is 6. The summed E-state index contributed by atoms with van der Waals surface area (Å²) in [7, 11) is 0. The zero-order chi connectivity index (χ0) is 18.5. The first-order chi connectivity index (χ1) is 12.5. The molecule has 0 saturated carbocycles. The van der Waals surface area contributed by atoms with Crippen LogP contribution in [-0.4, -0.2) is 39.4 Å². The van der Waals surface area contributed by atoms with Gasteiger partial charge in [-0.25, -0.2) is 4.98 Å². The molecule has 1 aliphatic rings. The van der Waals surface area contributed by atoms with E-state index in [0.29, 0.717) is 13.0 Å². The molecule has 6 nitrogen and oxygen atoms in total. The Kier molecular flexibility index (Phi) is 5.71. The van der Waals surface area contributed by atoms with Gasteiger partial charge in [0.2, 0.25) is 11.8 Å². The highest BCUT2D eigenvalue weighted by molar-refractivity contribution is 5.76. The summed E-state index contributed by atoms with van der Waals surface area (Å²) < 4.78 is 1.80. The molecule has 0 aliphatic carbocycles. The molecular weight excluding hydrogens is 328 g/mol. The number of aromatic nitrogens is 2. The zero-order valence-electron chi connectivity index (χ0n) is 15.2. The lowest BCUT2D eigenvalue weighted by Gasteiger charge is -2.32. The van der Waals surface area contributed by atoms with Crippen molar-refractivity contribution < 1.29 is 9.59 Å². The Hall–Kier alpha value is -2.63. The Morgan fingerprint density at radius 3 is 2.77 bits per heavy atom. The number of carbonyl (C=O) groups excluding carboxylic acids is 2. The normalized spacial score (nSPS) is 17.3. The molecular formula is C20H26N4O2. The lowest BCUT2D eigenvalue weighted by molar-refractivity contribution is -0.132. The first kappa shape index (κ1) is 18.2. The molecule has 0 unspecified atom stereocenters. The van der Waals surface area contributed by atoms with Gasteiger partial charge >= 0.3 is 0 Å². The highest BCUT2D eigenvalue weighted by atomic mass is 16.2. The minimum atomic E-state index is -0.383. The second-order valence-corrected chi connectivity index (χ2v) is 7.04. The molecule has 6 heteroatoms.